The molecule has 0 saturated heterocycles. The fraction of sp³-hybridized carbons (Fsp3) is 0.235. The van der Waals surface area contributed by atoms with Crippen LogP contribution in [0, 0.1) is 10.1 Å². The van der Waals surface area contributed by atoms with E-state index in [9.17, 15) is 23.3 Å². The summed E-state index contributed by atoms with van der Waals surface area (Å²) in [6, 6.07) is 8.70. The number of sulfonamides is 1. The normalized spacial score (nSPS) is 12.3. The predicted octanol–water partition coefficient (Wildman–Crippen LogP) is 3.37. The standard InChI is InChI=1S/C17H17Cl2N3O5S/c1-11(17(23)20-10-12-6-7-13(18)8-16(12)19)21(28(2,26)27)14-4-3-5-15(9-14)22(24)25/h3-9,11H,10H2,1-2H3,(H,20,23). The summed E-state index contributed by atoms with van der Waals surface area (Å²) in [5.74, 6) is -0.594. The number of nitrogens with zero attached hydrogens (tertiary/aromatic N) is 2. The molecule has 0 heterocycles. The smallest absolute Gasteiger partial charge is 0.271 e. The van der Waals surface area contributed by atoms with Gasteiger partial charge in [0, 0.05) is 28.7 Å². The van der Waals surface area contributed by atoms with Crippen molar-refractivity contribution in [2.45, 2.75) is 19.5 Å². The summed E-state index contributed by atoms with van der Waals surface area (Å²) in [7, 11) is -3.90. The highest BCUT2D eigenvalue weighted by Crippen LogP contribution is 2.25. The van der Waals surface area contributed by atoms with Crippen LogP contribution >= 0.6 is 23.2 Å². The molecule has 8 nitrogen and oxygen atoms in total. The Morgan fingerprint density at radius 1 is 1.25 bits per heavy atom. The van der Waals surface area contributed by atoms with Crippen molar-refractivity contribution in [1.82, 2.24) is 5.32 Å². The molecule has 11 heteroatoms. The van der Waals surface area contributed by atoms with E-state index < -0.39 is 26.9 Å². The zero-order chi connectivity index (χ0) is 21.1. The quantitative estimate of drug-likeness (QED) is 0.518. The summed E-state index contributed by atoms with van der Waals surface area (Å²) in [6.45, 7) is 1.45. The van der Waals surface area contributed by atoms with Gasteiger partial charge in [-0.05, 0) is 30.7 Å². The molecule has 150 valence electrons. The molecule has 0 fully saturated rings. The molecule has 0 aliphatic rings. The number of nitrogens with one attached hydrogen (secondary N) is 1. The average Bonchev–Trinajstić information content (AvgIpc) is 2.59. The molecule has 0 aromatic heterocycles. The second-order valence-corrected chi connectivity index (χ2v) is 8.67. The highest BCUT2D eigenvalue weighted by Gasteiger charge is 2.30. The van der Waals surface area contributed by atoms with Gasteiger partial charge in [-0.25, -0.2) is 8.42 Å². The SMILES string of the molecule is CC(C(=O)NCc1ccc(Cl)cc1Cl)N(c1cccc([N+](=O)[O-])c1)S(C)(=O)=O. The van der Waals surface area contributed by atoms with Crippen molar-refractivity contribution in [2.24, 2.45) is 0 Å². The molecule has 2 aromatic carbocycles. The molecule has 0 saturated carbocycles. The van der Waals surface area contributed by atoms with Gasteiger partial charge in [0.1, 0.15) is 6.04 Å². The van der Waals surface area contributed by atoms with Crippen LogP contribution < -0.4 is 9.62 Å². The first-order chi connectivity index (χ1) is 13.0. The second kappa shape index (κ2) is 8.76. The number of carbonyl (C=O) groups excluding carboxylic acids is 1. The van der Waals surface area contributed by atoms with Gasteiger partial charge in [0.15, 0.2) is 0 Å². The molecule has 0 aliphatic heterocycles. The Bertz CT molecular complexity index is 1010. The van der Waals surface area contributed by atoms with Gasteiger partial charge in [0.05, 0.1) is 16.9 Å². The largest absolute Gasteiger partial charge is 0.350 e. The highest BCUT2D eigenvalue weighted by atomic mass is 35.5. The van der Waals surface area contributed by atoms with Crippen molar-refractivity contribution in [3.8, 4) is 0 Å². The summed E-state index contributed by atoms with van der Waals surface area (Å²) in [5.41, 5.74) is 0.337. The second-order valence-electron chi connectivity index (χ2n) is 5.97. The van der Waals surface area contributed by atoms with Crippen LogP contribution in [-0.2, 0) is 21.4 Å². The number of hydrogen-bond donors (Lipinski definition) is 1. The molecule has 2 rings (SSSR count). The maximum Gasteiger partial charge on any atom is 0.271 e. The number of hydrogen-bond acceptors (Lipinski definition) is 5. The van der Waals surface area contributed by atoms with Crippen molar-refractivity contribution in [3.63, 3.8) is 0 Å². The van der Waals surface area contributed by atoms with Crippen molar-refractivity contribution in [2.75, 3.05) is 10.6 Å². The Hall–Kier alpha value is -2.36. The van der Waals surface area contributed by atoms with Crippen molar-refractivity contribution in [1.29, 1.82) is 0 Å². The minimum atomic E-state index is -3.90. The Balaban J connectivity index is 2.25. The summed E-state index contributed by atoms with van der Waals surface area (Å²) in [4.78, 5) is 22.9. The number of benzene rings is 2. The number of anilines is 1. The van der Waals surface area contributed by atoms with E-state index in [-0.39, 0.29) is 17.9 Å². The molecule has 1 atom stereocenters. The Labute approximate surface area is 172 Å². The zero-order valence-corrected chi connectivity index (χ0v) is 17.3. The topological polar surface area (TPSA) is 110 Å². The third-order valence-electron chi connectivity index (χ3n) is 3.85. The molecule has 28 heavy (non-hydrogen) atoms. The van der Waals surface area contributed by atoms with Crippen molar-refractivity contribution in [3.05, 3.63) is 68.2 Å². The number of non-ortho nitro benzene ring substituents is 1. The van der Waals surface area contributed by atoms with Gasteiger partial charge in [-0.3, -0.25) is 19.2 Å². The molecule has 0 bridgehead atoms. The van der Waals surface area contributed by atoms with Crippen LogP contribution in [0.15, 0.2) is 42.5 Å². The van der Waals surface area contributed by atoms with Crippen LogP contribution in [0.25, 0.3) is 0 Å². The predicted molar refractivity (Wildman–Crippen MR) is 108 cm³/mol. The van der Waals surface area contributed by atoms with Gasteiger partial charge < -0.3 is 5.32 Å². The van der Waals surface area contributed by atoms with Gasteiger partial charge >= 0.3 is 0 Å². The molecule has 0 radical (unpaired) electrons. The number of rotatable bonds is 7. The van der Waals surface area contributed by atoms with Crippen molar-refractivity contribution >= 4 is 50.5 Å². The van der Waals surface area contributed by atoms with E-state index in [1.54, 1.807) is 12.1 Å². The van der Waals surface area contributed by atoms with Crippen LogP contribution in [0.3, 0.4) is 0 Å². The fourth-order valence-corrected chi connectivity index (χ4v) is 4.19. The fourth-order valence-electron chi connectivity index (χ4n) is 2.55. The Morgan fingerprint density at radius 3 is 2.50 bits per heavy atom. The van der Waals surface area contributed by atoms with E-state index in [1.807, 2.05) is 0 Å². The zero-order valence-electron chi connectivity index (χ0n) is 14.9. The lowest BCUT2D eigenvalue weighted by Gasteiger charge is -2.28. The summed E-state index contributed by atoms with van der Waals surface area (Å²) < 4.78 is 25.4. The van der Waals surface area contributed by atoms with Gasteiger partial charge in [-0.2, -0.15) is 0 Å². The minimum Gasteiger partial charge on any atom is -0.350 e. The van der Waals surface area contributed by atoms with Gasteiger partial charge in [-0.1, -0.05) is 35.3 Å². The number of nitro groups is 1. The Kier molecular flexibility index (Phi) is 6.87. The summed E-state index contributed by atoms with van der Waals surface area (Å²) in [6.07, 6.45) is 0.922. The average molecular weight is 446 g/mol. The molecular weight excluding hydrogens is 429 g/mol. The first-order valence-electron chi connectivity index (χ1n) is 7.96. The Morgan fingerprint density at radius 2 is 1.93 bits per heavy atom. The third-order valence-corrected chi connectivity index (χ3v) is 5.68. The van der Waals surface area contributed by atoms with E-state index in [0.717, 1.165) is 16.6 Å². The first kappa shape index (κ1) is 21.9. The lowest BCUT2D eigenvalue weighted by atomic mass is 10.2. The van der Waals surface area contributed by atoms with Crippen LogP contribution in [0.4, 0.5) is 11.4 Å². The highest BCUT2D eigenvalue weighted by molar-refractivity contribution is 7.92. The van der Waals surface area contributed by atoms with E-state index in [0.29, 0.717) is 15.6 Å². The molecule has 1 amide bonds. The number of nitro benzene ring substituents is 1. The number of amides is 1. The molecule has 1 unspecified atom stereocenters. The van der Waals surface area contributed by atoms with E-state index in [2.05, 4.69) is 5.32 Å². The number of halogens is 2. The van der Waals surface area contributed by atoms with Gasteiger partial charge in [-0.15, -0.1) is 0 Å². The van der Waals surface area contributed by atoms with Crippen LogP contribution in [-0.4, -0.2) is 31.5 Å². The monoisotopic (exact) mass is 445 g/mol. The minimum absolute atomic E-state index is 0.0175. The molecule has 0 aliphatic carbocycles. The lowest BCUT2D eigenvalue weighted by molar-refractivity contribution is -0.384. The maximum atomic E-state index is 12.6. The van der Waals surface area contributed by atoms with Gasteiger partial charge in [0.25, 0.3) is 5.69 Å². The van der Waals surface area contributed by atoms with Crippen LogP contribution in [0.5, 0.6) is 0 Å². The summed E-state index contributed by atoms with van der Waals surface area (Å²) in [5, 5.41) is 14.4. The maximum absolute atomic E-state index is 12.6. The van der Waals surface area contributed by atoms with E-state index in [1.165, 1.54) is 31.2 Å². The number of carbonyl (C=O) groups is 1. The third kappa shape index (κ3) is 5.34. The molecule has 2 aromatic rings. The first-order valence-corrected chi connectivity index (χ1v) is 10.6. The van der Waals surface area contributed by atoms with Crippen LogP contribution in [0.2, 0.25) is 10.0 Å². The molecular formula is C17H17Cl2N3O5S. The van der Waals surface area contributed by atoms with E-state index >= 15 is 0 Å². The van der Waals surface area contributed by atoms with Crippen molar-refractivity contribution < 1.29 is 18.1 Å². The molecule has 0 spiro atoms. The molecule has 1 N–H and O–H groups in total. The lowest BCUT2D eigenvalue weighted by Crippen LogP contribution is -2.47. The van der Waals surface area contributed by atoms with Crippen LogP contribution in [0.1, 0.15) is 12.5 Å². The van der Waals surface area contributed by atoms with E-state index in [4.69, 9.17) is 23.2 Å². The summed E-state index contributed by atoms with van der Waals surface area (Å²) >= 11 is 11.9. The van der Waals surface area contributed by atoms with Gasteiger partial charge in [0.2, 0.25) is 15.9 Å².